The Bertz CT molecular complexity index is 1190. The highest BCUT2D eigenvalue weighted by Crippen LogP contribution is 2.45. The summed E-state index contributed by atoms with van der Waals surface area (Å²) in [6.07, 6.45) is 0. The fraction of sp³-hybridized carbons (Fsp3) is 0.174. The summed E-state index contributed by atoms with van der Waals surface area (Å²) in [5, 5.41) is 17.1. The molecule has 0 aliphatic carbocycles. The summed E-state index contributed by atoms with van der Waals surface area (Å²) >= 11 is 0. The Morgan fingerprint density at radius 2 is 1.94 bits per heavy atom. The third kappa shape index (κ3) is 3.57. The van der Waals surface area contributed by atoms with Crippen molar-refractivity contribution in [3.8, 4) is 29.0 Å². The highest BCUT2D eigenvalue weighted by molar-refractivity contribution is 5.89. The third-order valence-corrected chi connectivity index (χ3v) is 5.06. The zero-order valence-electron chi connectivity index (χ0n) is 17.0. The van der Waals surface area contributed by atoms with E-state index in [1.54, 1.807) is 24.3 Å². The maximum Gasteiger partial charge on any atom is 0.337 e. The van der Waals surface area contributed by atoms with Crippen LogP contribution in [0.2, 0.25) is 0 Å². The van der Waals surface area contributed by atoms with Crippen LogP contribution < -0.4 is 15.2 Å². The van der Waals surface area contributed by atoms with Crippen LogP contribution >= 0.6 is 0 Å². The predicted octanol–water partition coefficient (Wildman–Crippen LogP) is 3.48. The molecular weight excluding hydrogens is 396 g/mol. The number of fused-ring (bicyclic) bond motifs is 1. The van der Waals surface area contributed by atoms with Crippen molar-refractivity contribution in [3.05, 3.63) is 76.7 Å². The second-order valence-corrected chi connectivity index (χ2v) is 6.81. The summed E-state index contributed by atoms with van der Waals surface area (Å²) in [5.74, 6) is 0.117. The number of nitrogens with zero attached hydrogens (tertiary/aromatic N) is 2. The Morgan fingerprint density at radius 1 is 1.23 bits per heavy atom. The van der Waals surface area contributed by atoms with Gasteiger partial charge in [0.25, 0.3) is 0 Å². The molecule has 1 aliphatic heterocycles. The predicted molar refractivity (Wildman–Crippen MR) is 112 cm³/mol. The Kier molecular flexibility index (Phi) is 5.33. The summed E-state index contributed by atoms with van der Waals surface area (Å²) < 4.78 is 15.9. The quantitative estimate of drug-likeness (QED) is 0.610. The molecule has 1 aliphatic rings. The van der Waals surface area contributed by atoms with Crippen molar-refractivity contribution in [2.45, 2.75) is 12.8 Å². The number of nitrogens with two attached hydrogens (primary N) is 1. The van der Waals surface area contributed by atoms with Crippen molar-refractivity contribution in [2.24, 2.45) is 5.73 Å². The summed E-state index contributed by atoms with van der Waals surface area (Å²) in [6.45, 7) is 2.50. The van der Waals surface area contributed by atoms with Crippen molar-refractivity contribution in [3.63, 3.8) is 0 Å². The number of hydrogen-bond acceptors (Lipinski definition) is 7. The molecule has 156 valence electrons. The van der Waals surface area contributed by atoms with E-state index >= 15 is 0 Å². The van der Waals surface area contributed by atoms with Gasteiger partial charge in [-0.3, -0.25) is 5.10 Å². The number of rotatable bonds is 5. The molecule has 2 heterocycles. The molecule has 4 rings (SSSR count). The highest BCUT2D eigenvalue weighted by atomic mass is 16.5. The molecule has 0 saturated carbocycles. The summed E-state index contributed by atoms with van der Waals surface area (Å²) in [4.78, 5) is 11.8. The second-order valence-electron chi connectivity index (χ2n) is 6.81. The van der Waals surface area contributed by atoms with Gasteiger partial charge >= 0.3 is 5.97 Å². The third-order valence-electron chi connectivity index (χ3n) is 5.06. The van der Waals surface area contributed by atoms with E-state index in [4.69, 9.17) is 19.9 Å². The van der Waals surface area contributed by atoms with Crippen LogP contribution in [0.15, 0.2) is 60.0 Å². The van der Waals surface area contributed by atoms with Gasteiger partial charge in [0.1, 0.15) is 17.4 Å². The smallest absolute Gasteiger partial charge is 0.337 e. The lowest BCUT2D eigenvalue weighted by atomic mass is 9.83. The van der Waals surface area contributed by atoms with Crippen LogP contribution in [0.5, 0.6) is 11.6 Å². The molecule has 8 heteroatoms. The molecule has 31 heavy (non-hydrogen) atoms. The number of benzene rings is 2. The minimum Gasteiger partial charge on any atom is -0.494 e. The van der Waals surface area contributed by atoms with Crippen LogP contribution in [-0.2, 0) is 4.74 Å². The fourth-order valence-corrected chi connectivity index (χ4v) is 3.61. The van der Waals surface area contributed by atoms with Gasteiger partial charge in [0, 0.05) is 5.56 Å². The Balaban J connectivity index is 1.82. The molecule has 3 N–H and O–H groups in total. The van der Waals surface area contributed by atoms with Crippen LogP contribution in [0.4, 0.5) is 0 Å². The van der Waals surface area contributed by atoms with Gasteiger partial charge in [-0.1, -0.05) is 12.1 Å². The molecule has 0 unspecified atom stereocenters. The normalized spacial score (nSPS) is 14.9. The van der Waals surface area contributed by atoms with Gasteiger partial charge in [0.05, 0.1) is 36.5 Å². The molecular formula is C23H20N4O4. The van der Waals surface area contributed by atoms with E-state index in [-0.39, 0.29) is 11.5 Å². The van der Waals surface area contributed by atoms with Crippen LogP contribution in [0.1, 0.15) is 34.3 Å². The average Bonchev–Trinajstić information content (AvgIpc) is 3.21. The first kappa shape index (κ1) is 20.0. The van der Waals surface area contributed by atoms with Crippen molar-refractivity contribution in [2.75, 3.05) is 13.7 Å². The number of nitrogens with one attached hydrogen (secondary N) is 1. The van der Waals surface area contributed by atoms with E-state index in [1.807, 2.05) is 31.2 Å². The molecule has 0 spiro atoms. The Hall–Kier alpha value is -4.25. The molecule has 1 aromatic heterocycles. The van der Waals surface area contributed by atoms with Crippen LogP contribution in [0, 0.1) is 11.3 Å². The van der Waals surface area contributed by atoms with Crippen molar-refractivity contribution in [1.29, 1.82) is 5.26 Å². The number of methoxy groups -OCH3 is 1. The van der Waals surface area contributed by atoms with Crippen molar-refractivity contribution in [1.82, 2.24) is 10.2 Å². The minimum atomic E-state index is -0.513. The summed E-state index contributed by atoms with van der Waals surface area (Å²) in [6, 6.07) is 16.5. The first-order valence-electron chi connectivity index (χ1n) is 9.64. The van der Waals surface area contributed by atoms with E-state index in [0.29, 0.717) is 29.3 Å². The van der Waals surface area contributed by atoms with E-state index < -0.39 is 11.9 Å². The van der Waals surface area contributed by atoms with Gasteiger partial charge in [-0.25, -0.2) is 4.79 Å². The zero-order chi connectivity index (χ0) is 22.0. The Labute approximate surface area is 178 Å². The van der Waals surface area contributed by atoms with Crippen LogP contribution in [-0.4, -0.2) is 29.9 Å². The van der Waals surface area contributed by atoms with E-state index in [2.05, 4.69) is 16.3 Å². The lowest BCUT2D eigenvalue weighted by molar-refractivity contribution is 0.0600. The van der Waals surface area contributed by atoms with Gasteiger partial charge in [-0.15, -0.1) is 5.10 Å². The topological polar surface area (TPSA) is 123 Å². The van der Waals surface area contributed by atoms with E-state index in [9.17, 15) is 10.1 Å². The van der Waals surface area contributed by atoms with Crippen LogP contribution in [0.3, 0.4) is 0 Å². The number of aromatic nitrogens is 2. The number of carbonyl (C=O) groups excluding carboxylic acids is 1. The molecule has 8 nitrogen and oxygen atoms in total. The Morgan fingerprint density at radius 3 is 2.55 bits per heavy atom. The van der Waals surface area contributed by atoms with E-state index in [0.717, 1.165) is 16.9 Å². The number of H-pyrrole nitrogens is 1. The van der Waals surface area contributed by atoms with Gasteiger partial charge in [-0.2, -0.15) is 5.26 Å². The van der Waals surface area contributed by atoms with Gasteiger partial charge in [0.2, 0.25) is 11.8 Å². The number of ether oxygens (including phenoxy) is 3. The standard InChI is InChI=1S/C23H20N4O4/c1-3-30-16-10-8-14(9-11-16)20-19-18(13-4-6-15(7-5-13)23(28)29-2)17(12-24)21(25)31-22(19)27-26-20/h4-11,18H,3,25H2,1-2H3,(H,26,27)/t18-/m0/s1. The molecule has 0 amide bonds. The van der Waals surface area contributed by atoms with Crippen LogP contribution in [0.25, 0.3) is 11.3 Å². The lowest BCUT2D eigenvalue weighted by Gasteiger charge is -2.24. The maximum absolute atomic E-state index is 11.8. The van der Waals surface area contributed by atoms with Gasteiger partial charge in [0.15, 0.2) is 0 Å². The molecule has 3 aromatic rings. The molecule has 0 bridgehead atoms. The number of carbonyl (C=O) groups is 1. The number of nitriles is 1. The molecule has 0 saturated heterocycles. The number of aromatic amines is 1. The average molecular weight is 416 g/mol. The van der Waals surface area contributed by atoms with Crippen molar-refractivity contribution < 1.29 is 19.0 Å². The monoisotopic (exact) mass is 416 g/mol. The van der Waals surface area contributed by atoms with Gasteiger partial charge < -0.3 is 19.9 Å². The number of allylic oxidation sites excluding steroid dienone is 1. The first-order valence-corrected chi connectivity index (χ1v) is 9.64. The molecule has 0 fully saturated rings. The fourth-order valence-electron chi connectivity index (χ4n) is 3.61. The molecule has 0 radical (unpaired) electrons. The number of esters is 1. The first-order chi connectivity index (χ1) is 15.1. The maximum atomic E-state index is 11.8. The van der Waals surface area contributed by atoms with E-state index in [1.165, 1.54) is 7.11 Å². The highest BCUT2D eigenvalue weighted by Gasteiger charge is 2.35. The van der Waals surface area contributed by atoms with Crippen molar-refractivity contribution >= 4 is 5.97 Å². The SMILES string of the molecule is CCOc1ccc(-c2[nH]nc3c2[C@@H](c2ccc(C(=O)OC)cc2)C(C#N)=C(N)O3)cc1. The minimum absolute atomic E-state index is 0.00166. The summed E-state index contributed by atoms with van der Waals surface area (Å²) in [5.41, 5.74) is 9.73. The molecule has 2 aromatic carbocycles. The molecule has 1 atom stereocenters. The summed E-state index contributed by atoms with van der Waals surface area (Å²) in [7, 11) is 1.33. The largest absolute Gasteiger partial charge is 0.494 e. The zero-order valence-corrected chi connectivity index (χ0v) is 17.0. The second kappa shape index (κ2) is 8.24. The number of hydrogen-bond donors (Lipinski definition) is 2. The lowest BCUT2D eigenvalue weighted by Crippen LogP contribution is -2.21. The van der Waals surface area contributed by atoms with Gasteiger partial charge in [-0.05, 0) is 48.9 Å².